The maximum absolute atomic E-state index is 11.0. The molecular weight excluding hydrogens is 202 g/mol. The van der Waals surface area contributed by atoms with E-state index in [9.17, 15) is 4.79 Å². The first-order valence-electron chi connectivity index (χ1n) is 6.40. The predicted molar refractivity (Wildman–Crippen MR) is 63.3 cm³/mol. The summed E-state index contributed by atoms with van der Waals surface area (Å²) in [6.45, 7) is 6.19. The second-order valence-corrected chi connectivity index (χ2v) is 6.31. The van der Waals surface area contributed by atoms with Crippen LogP contribution in [0.5, 0.6) is 0 Å². The number of hydrogen-bond acceptors (Lipinski definition) is 2. The average molecular weight is 225 g/mol. The Labute approximate surface area is 97.6 Å². The Morgan fingerprint density at radius 3 is 2.44 bits per heavy atom. The second kappa shape index (κ2) is 4.02. The molecule has 0 bridgehead atoms. The van der Waals surface area contributed by atoms with Crippen molar-refractivity contribution in [2.75, 3.05) is 13.1 Å². The molecule has 2 fully saturated rings. The van der Waals surface area contributed by atoms with E-state index in [4.69, 9.17) is 5.11 Å². The molecule has 2 aliphatic rings. The van der Waals surface area contributed by atoms with Gasteiger partial charge in [-0.15, -0.1) is 0 Å². The van der Waals surface area contributed by atoms with E-state index in [1.807, 2.05) is 0 Å². The molecule has 0 amide bonds. The van der Waals surface area contributed by atoms with Gasteiger partial charge in [0.1, 0.15) is 0 Å². The first-order valence-corrected chi connectivity index (χ1v) is 6.40. The minimum absolute atomic E-state index is 0.326. The fraction of sp³-hybridized carbons (Fsp3) is 0.923. The smallest absolute Gasteiger partial charge is 0.310 e. The topological polar surface area (TPSA) is 49.3 Å². The van der Waals surface area contributed by atoms with Gasteiger partial charge in [-0.1, -0.05) is 20.3 Å². The number of hydrogen-bond donors (Lipinski definition) is 2. The lowest BCUT2D eigenvalue weighted by Gasteiger charge is -2.40. The molecule has 2 rings (SSSR count). The van der Waals surface area contributed by atoms with E-state index in [0.717, 1.165) is 25.3 Å². The first kappa shape index (κ1) is 11.9. The summed E-state index contributed by atoms with van der Waals surface area (Å²) >= 11 is 0. The van der Waals surface area contributed by atoms with Gasteiger partial charge in [-0.25, -0.2) is 0 Å². The summed E-state index contributed by atoms with van der Waals surface area (Å²) in [5.41, 5.74) is -0.0947. The summed E-state index contributed by atoms with van der Waals surface area (Å²) in [4.78, 5) is 11.0. The Balaban J connectivity index is 1.73. The van der Waals surface area contributed by atoms with Crippen molar-refractivity contribution in [3.8, 4) is 0 Å². The third-order valence-corrected chi connectivity index (χ3v) is 4.56. The summed E-state index contributed by atoms with van der Waals surface area (Å²) in [7, 11) is 0. The van der Waals surface area contributed by atoms with E-state index in [1.165, 1.54) is 19.3 Å². The van der Waals surface area contributed by atoms with Crippen LogP contribution in [-0.4, -0.2) is 24.2 Å². The highest BCUT2D eigenvalue weighted by Crippen LogP contribution is 2.46. The SMILES string of the molecule is CC(C)(CNCC1(C(=O)O)CC1)C1CCC1. The molecule has 0 aromatic heterocycles. The normalized spacial score (nSPS) is 23.9. The Morgan fingerprint density at radius 1 is 1.44 bits per heavy atom. The van der Waals surface area contributed by atoms with Crippen LogP contribution in [0.1, 0.15) is 46.0 Å². The Bertz CT molecular complexity index is 278. The van der Waals surface area contributed by atoms with Gasteiger partial charge in [0.05, 0.1) is 5.41 Å². The van der Waals surface area contributed by atoms with Gasteiger partial charge in [0, 0.05) is 13.1 Å². The van der Waals surface area contributed by atoms with Crippen LogP contribution in [0.25, 0.3) is 0 Å². The number of aliphatic carboxylic acids is 1. The summed E-state index contributed by atoms with van der Waals surface area (Å²) in [6, 6.07) is 0. The predicted octanol–water partition coefficient (Wildman–Crippen LogP) is 2.27. The highest BCUT2D eigenvalue weighted by molar-refractivity contribution is 5.78. The maximum Gasteiger partial charge on any atom is 0.310 e. The Morgan fingerprint density at radius 2 is 2.06 bits per heavy atom. The molecule has 0 radical (unpaired) electrons. The highest BCUT2D eigenvalue weighted by atomic mass is 16.4. The van der Waals surface area contributed by atoms with Crippen LogP contribution in [0, 0.1) is 16.7 Å². The van der Waals surface area contributed by atoms with Crippen molar-refractivity contribution in [3.63, 3.8) is 0 Å². The lowest BCUT2D eigenvalue weighted by molar-refractivity contribution is -0.143. The number of carboxylic acids is 1. The van der Waals surface area contributed by atoms with Gasteiger partial charge in [-0.05, 0) is 37.0 Å². The molecule has 0 saturated heterocycles. The Kier molecular flexibility index (Phi) is 2.99. The second-order valence-electron chi connectivity index (χ2n) is 6.31. The monoisotopic (exact) mass is 225 g/mol. The Hall–Kier alpha value is -0.570. The standard InChI is InChI=1S/C13H23NO2/c1-12(2,10-4-3-5-10)8-14-9-13(6-7-13)11(15)16/h10,14H,3-9H2,1-2H3,(H,15,16). The van der Waals surface area contributed by atoms with Crippen molar-refractivity contribution < 1.29 is 9.90 Å². The lowest BCUT2D eigenvalue weighted by Crippen LogP contribution is -2.41. The van der Waals surface area contributed by atoms with Crippen molar-refractivity contribution in [1.29, 1.82) is 0 Å². The zero-order valence-electron chi connectivity index (χ0n) is 10.4. The molecule has 2 aliphatic carbocycles. The van der Waals surface area contributed by atoms with Gasteiger partial charge < -0.3 is 10.4 Å². The number of carbonyl (C=O) groups is 1. The van der Waals surface area contributed by atoms with Crippen LogP contribution in [0.3, 0.4) is 0 Å². The van der Waals surface area contributed by atoms with E-state index in [1.54, 1.807) is 0 Å². The van der Waals surface area contributed by atoms with Crippen LogP contribution < -0.4 is 5.32 Å². The van der Waals surface area contributed by atoms with Crippen molar-refractivity contribution in [2.24, 2.45) is 16.7 Å². The molecule has 0 heterocycles. The van der Waals surface area contributed by atoms with E-state index >= 15 is 0 Å². The van der Waals surface area contributed by atoms with Crippen LogP contribution in [0.4, 0.5) is 0 Å². The first-order chi connectivity index (χ1) is 7.46. The number of carboxylic acid groups (broad SMARTS) is 1. The van der Waals surface area contributed by atoms with Crippen LogP contribution in [-0.2, 0) is 4.79 Å². The third kappa shape index (κ3) is 2.24. The molecule has 2 saturated carbocycles. The third-order valence-electron chi connectivity index (χ3n) is 4.56. The zero-order chi connectivity index (χ0) is 11.8. The fourth-order valence-corrected chi connectivity index (χ4v) is 2.58. The molecule has 0 atom stereocenters. The van der Waals surface area contributed by atoms with Crippen molar-refractivity contribution in [1.82, 2.24) is 5.32 Å². The quantitative estimate of drug-likeness (QED) is 0.729. The van der Waals surface area contributed by atoms with Crippen LogP contribution in [0.15, 0.2) is 0 Å². The summed E-state index contributed by atoms with van der Waals surface area (Å²) < 4.78 is 0. The fourth-order valence-electron chi connectivity index (χ4n) is 2.58. The van der Waals surface area contributed by atoms with Gasteiger partial charge in [-0.3, -0.25) is 4.79 Å². The summed E-state index contributed by atoms with van der Waals surface area (Å²) in [5.74, 6) is 0.210. The van der Waals surface area contributed by atoms with E-state index in [-0.39, 0.29) is 0 Å². The number of rotatable bonds is 6. The minimum atomic E-state index is -0.624. The van der Waals surface area contributed by atoms with E-state index < -0.39 is 11.4 Å². The average Bonchev–Trinajstić information content (AvgIpc) is 2.80. The molecule has 0 aromatic carbocycles. The molecule has 0 unspecified atom stereocenters. The lowest BCUT2D eigenvalue weighted by atomic mass is 9.67. The van der Waals surface area contributed by atoms with Crippen molar-refractivity contribution in [2.45, 2.75) is 46.0 Å². The van der Waals surface area contributed by atoms with Gasteiger partial charge in [0.25, 0.3) is 0 Å². The minimum Gasteiger partial charge on any atom is -0.481 e. The zero-order valence-corrected chi connectivity index (χ0v) is 10.4. The molecular formula is C13H23NO2. The highest BCUT2D eigenvalue weighted by Gasteiger charge is 2.50. The van der Waals surface area contributed by atoms with E-state index in [0.29, 0.717) is 12.0 Å². The van der Waals surface area contributed by atoms with Crippen molar-refractivity contribution >= 4 is 5.97 Å². The molecule has 0 aliphatic heterocycles. The molecule has 2 N–H and O–H groups in total. The van der Waals surface area contributed by atoms with Gasteiger partial charge in [-0.2, -0.15) is 0 Å². The molecule has 3 nitrogen and oxygen atoms in total. The largest absolute Gasteiger partial charge is 0.481 e. The summed E-state index contributed by atoms with van der Waals surface area (Å²) in [5, 5.41) is 12.4. The van der Waals surface area contributed by atoms with E-state index in [2.05, 4.69) is 19.2 Å². The van der Waals surface area contributed by atoms with Crippen LogP contribution in [0.2, 0.25) is 0 Å². The molecule has 3 heteroatoms. The molecule has 0 spiro atoms. The number of nitrogens with one attached hydrogen (secondary N) is 1. The van der Waals surface area contributed by atoms with Gasteiger partial charge in [0.15, 0.2) is 0 Å². The molecule has 92 valence electrons. The maximum atomic E-state index is 11.0. The van der Waals surface area contributed by atoms with Gasteiger partial charge in [0.2, 0.25) is 0 Å². The van der Waals surface area contributed by atoms with Crippen LogP contribution >= 0.6 is 0 Å². The van der Waals surface area contributed by atoms with Crippen molar-refractivity contribution in [3.05, 3.63) is 0 Å². The molecule has 16 heavy (non-hydrogen) atoms. The molecule has 0 aromatic rings. The van der Waals surface area contributed by atoms with Gasteiger partial charge >= 0.3 is 5.97 Å². The summed E-state index contributed by atoms with van der Waals surface area (Å²) in [6.07, 6.45) is 5.75.